The molecule has 0 bridgehead atoms. The van der Waals surface area contributed by atoms with E-state index in [1.807, 2.05) is 6.07 Å². The van der Waals surface area contributed by atoms with Gasteiger partial charge in [0.05, 0.1) is 5.69 Å². The van der Waals surface area contributed by atoms with E-state index in [-0.39, 0.29) is 0 Å². The normalized spacial score (nSPS) is 10.3. The summed E-state index contributed by atoms with van der Waals surface area (Å²) in [4.78, 5) is 7.04. The van der Waals surface area contributed by atoms with E-state index in [9.17, 15) is 0 Å². The molecule has 0 unspecified atom stereocenters. The van der Waals surface area contributed by atoms with Gasteiger partial charge in [0.25, 0.3) is 0 Å². The van der Waals surface area contributed by atoms with Crippen LogP contribution in [0.3, 0.4) is 0 Å². The monoisotopic (exact) mass is 265 g/mol. The molecule has 0 aromatic carbocycles. The molecule has 0 aliphatic rings. The van der Waals surface area contributed by atoms with E-state index >= 15 is 0 Å². The van der Waals surface area contributed by atoms with Crippen LogP contribution in [-0.2, 0) is 0 Å². The van der Waals surface area contributed by atoms with Gasteiger partial charge in [-0.3, -0.25) is 4.98 Å². The lowest BCUT2D eigenvalue weighted by atomic mass is 10.2. The molecule has 1 heterocycles. The fourth-order valence-corrected chi connectivity index (χ4v) is 2.05. The highest BCUT2D eigenvalue weighted by atomic mass is 32.1. The summed E-state index contributed by atoms with van der Waals surface area (Å²) in [6.45, 7) is 6.49. The number of unbranched alkanes of at least 4 members (excludes halogenated alkanes) is 2. The van der Waals surface area contributed by atoms with Crippen molar-refractivity contribution in [3.8, 4) is 0 Å². The average molecular weight is 265 g/mol. The number of rotatable bonds is 8. The van der Waals surface area contributed by atoms with Gasteiger partial charge in [-0.2, -0.15) is 0 Å². The minimum absolute atomic E-state index is 0.378. The number of nitrogens with two attached hydrogens (primary N) is 1. The molecule has 4 heteroatoms. The Morgan fingerprint density at radius 2 is 1.89 bits per heavy atom. The van der Waals surface area contributed by atoms with E-state index in [1.165, 1.54) is 25.7 Å². The third-order valence-electron chi connectivity index (χ3n) is 2.92. The van der Waals surface area contributed by atoms with E-state index in [4.69, 9.17) is 18.0 Å². The van der Waals surface area contributed by atoms with Crippen molar-refractivity contribution in [3.05, 3.63) is 24.0 Å². The number of nitrogens with zero attached hydrogens (tertiary/aromatic N) is 2. The van der Waals surface area contributed by atoms with Crippen LogP contribution in [0.5, 0.6) is 0 Å². The van der Waals surface area contributed by atoms with Gasteiger partial charge >= 0.3 is 0 Å². The zero-order valence-electron chi connectivity index (χ0n) is 11.4. The molecule has 0 aliphatic heterocycles. The number of pyridine rings is 1. The van der Waals surface area contributed by atoms with Crippen LogP contribution in [0.15, 0.2) is 18.3 Å². The Hall–Kier alpha value is -1.16. The van der Waals surface area contributed by atoms with Crippen molar-refractivity contribution in [2.75, 3.05) is 18.0 Å². The lowest BCUT2D eigenvalue weighted by Gasteiger charge is -2.26. The lowest BCUT2D eigenvalue weighted by Crippen LogP contribution is -2.28. The SMILES string of the molecule is CCCCN(CCCC)c1cccnc1C(N)=S. The van der Waals surface area contributed by atoms with Crippen LogP contribution in [0.25, 0.3) is 0 Å². The minimum Gasteiger partial charge on any atom is -0.388 e. The van der Waals surface area contributed by atoms with Crippen LogP contribution in [0, 0.1) is 0 Å². The molecule has 0 saturated carbocycles. The van der Waals surface area contributed by atoms with Gasteiger partial charge in [-0.25, -0.2) is 0 Å². The summed E-state index contributed by atoms with van der Waals surface area (Å²) < 4.78 is 0. The molecule has 0 radical (unpaired) electrons. The Morgan fingerprint density at radius 1 is 1.28 bits per heavy atom. The van der Waals surface area contributed by atoms with Crippen molar-refractivity contribution in [2.45, 2.75) is 39.5 Å². The van der Waals surface area contributed by atoms with Crippen molar-refractivity contribution >= 4 is 22.9 Å². The fraction of sp³-hybridized carbons (Fsp3) is 0.571. The highest BCUT2D eigenvalue weighted by Crippen LogP contribution is 2.19. The summed E-state index contributed by atoms with van der Waals surface area (Å²) in [6, 6.07) is 4.01. The molecule has 0 saturated heterocycles. The van der Waals surface area contributed by atoms with Crippen molar-refractivity contribution in [1.82, 2.24) is 4.98 Å². The Bertz CT molecular complexity index is 371. The summed E-state index contributed by atoms with van der Waals surface area (Å²) in [5.74, 6) is 0. The summed E-state index contributed by atoms with van der Waals surface area (Å²) in [7, 11) is 0. The van der Waals surface area contributed by atoms with Crippen LogP contribution in [0.4, 0.5) is 5.69 Å². The molecule has 100 valence electrons. The van der Waals surface area contributed by atoms with Crippen LogP contribution < -0.4 is 10.6 Å². The second-order valence-corrected chi connectivity index (χ2v) is 4.87. The molecule has 3 nitrogen and oxygen atoms in total. The number of hydrogen-bond donors (Lipinski definition) is 1. The van der Waals surface area contributed by atoms with Crippen molar-refractivity contribution in [1.29, 1.82) is 0 Å². The Labute approximate surface area is 115 Å². The van der Waals surface area contributed by atoms with E-state index in [0.29, 0.717) is 4.99 Å². The molecule has 18 heavy (non-hydrogen) atoms. The first kappa shape index (κ1) is 14.9. The predicted molar refractivity (Wildman–Crippen MR) is 82.2 cm³/mol. The van der Waals surface area contributed by atoms with E-state index in [2.05, 4.69) is 29.8 Å². The minimum atomic E-state index is 0.378. The second-order valence-electron chi connectivity index (χ2n) is 4.43. The summed E-state index contributed by atoms with van der Waals surface area (Å²) >= 11 is 5.08. The van der Waals surface area contributed by atoms with Crippen molar-refractivity contribution in [3.63, 3.8) is 0 Å². The van der Waals surface area contributed by atoms with Gasteiger partial charge in [0.1, 0.15) is 10.7 Å². The van der Waals surface area contributed by atoms with Crippen molar-refractivity contribution < 1.29 is 0 Å². The zero-order chi connectivity index (χ0) is 13.4. The topological polar surface area (TPSA) is 42.2 Å². The van der Waals surface area contributed by atoms with Crippen LogP contribution in [0.1, 0.15) is 45.2 Å². The lowest BCUT2D eigenvalue weighted by molar-refractivity contribution is 0.676. The van der Waals surface area contributed by atoms with E-state index < -0.39 is 0 Å². The highest BCUT2D eigenvalue weighted by molar-refractivity contribution is 7.80. The maximum Gasteiger partial charge on any atom is 0.124 e. The molecular weight excluding hydrogens is 242 g/mol. The second kappa shape index (κ2) is 8.03. The van der Waals surface area contributed by atoms with Gasteiger partial charge in [0, 0.05) is 19.3 Å². The van der Waals surface area contributed by atoms with Gasteiger partial charge in [-0.05, 0) is 25.0 Å². The van der Waals surface area contributed by atoms with Crippen molar-refractivity contribution in [2.24, 2.45) is 5.73 Å². The van der Waals surface area contributed by atoms with Gasteiger partial charge in [-0.1, -0.05) is 38.9 Å². The molecule has 1 aromatic rings. The Kier molecular flexibility index (Phi) is 6.65. The zero-order valence-corrected chi connectivity index (χ0v) is 12.2. The van der Waals surface area contributed by atoms with Crippen LogP contribution >= 0.6 is 12.2 Å². The first-order valence-electron chi connectivity index (χ1n) is 6.70. The Balaban J connectivity index is 2.92. The molecule has 0 spiro atoms. The third kappa shape index (κ3) is 4.26. The maximum atomic E-state index is 5.75. The number of thiocarbonyl (C=S) groups is 1. The Morgan fingerprint density at radius 3 is 2.39 bits per heavy atom. The molecule has 1 rings (SSSR count). The summed E-state index contributed by atoms with van der Waals surface area (Å²) in [5, 5.41) is 0. The third-order valence-corrected chi connectivity index (χ3v) is 3.12. The molecule has 0 amide bonds. The molecule has 0 fully saturated rings. The van der Waals surface area contributed by atoms with E-state index in [0.717, 1.165) is 24.5 Å². The number of anilines is 1. The van der Waals surface area contributed by atoms with Gasteiger partial charge in [-0.15, -0.1) is 0 Å². The first-order valence-corrected chi connectivity index (χ1v) is 7.11. The fourth-order valence-electron chi connectivity index (χ4n) is 1.89. The smallest absolute Gasteiger partial charge is 0.124 e. The first-order chi connectivity index (χ1) is 8.70. The van der Waals surface area contributed by atoms with Gasteiger partial charge < -0.3 is 10.6 Å². The maximum absolute atomic E-state index is 5.75. The summed E-state index contributed by atoms with van der Waals surface area (Å²) in [5.41, 5.74) is 7.58. The largest absolute Gasteiger partial charge is 0.388 e. The number of hydrogen-bond acceptors (Lipinski definition) is 3. The molecule has 2 N–H and O–H groups in total. The highest BCUT2D eigenvalue weighted by Gasteiger charge is 2.12. The van der Waals surface area contributed by atoms with Gasteiger partial charge in [0.2, 0.25) is 0 Å². The molecule has 0 aliphatic carbocycles. The standard InChI is InChI=1S/C14H23N3S/c1-3-5-10-17(11-6-4-2)12-8-7-9-16-13(12)14(15)18/h7-9H,3-6,10-11H2,1-2H3,(H2,15,18). The molecular formula is C14H23N3S. The summed E-state index contributed by atoms with van der Waals surface area (Å²) in [6.07, 6.45) is 6.47. The molecule has 0 atom stereocenters. The number of aromatic nitrogens is 1. The van der Waals surface area contributed by atoms with E-state index in [1.54, 1.807) is 6.20 Å². The quantitative estimate of drug-likeness (QED) is 0.733. The predicted octanol–water partition coefficient (Wildman–Crippen LogP) is 3.12. The average Bonchev–Trinajstić information content (AvgIpc) is 2.39. The van der Waals surface area contributed by atoms with Crippen LogP contribution in [0.2, 0.25) is 0 Å². The van der Waals surface area contributed by atoms with Crippen LogP contribution in [-0.4, -0.2) is 23.1 Å². The van der Waals surface area contributed by atoms with Gasteiger partial charge in [0.15, 0.2) is 0 Å². The molecule has 1 aromatic heterocycles.